The molecule has 0 saturated heterocycles. The molecular weight excluding hydrogens is 907 g/mol. The molecule has 0 amide bonds. The Bertz CT molecular complexity index is 3980. The molecule has 0 unspecified atom stereocenters. The Morgan fingerprint density at radius 3 is 0.733 bits per heavy atom. The molecule has 3 nitrogen and oxygen atoms in total. The van der Waals surface area contributed by atoms with E-state index >= 15 is 0 Å². The fourth-order valence-electron chi connectivity index (χ4n) is 10.8. The summed E-state index contributed by atoms with van der Waals surface area (Å²) in [5.41, 5.74) is 16.9. The molecule has 0 atom stereocenters. The quantitative estimate of drug-likeness (QED) is 0.135. The second-order valence-electron chi connectivity index (χ2n) is 18.9. The van der Waals surface area contributed by atoms with Crippen LogP contribution in [0.5, 0.6) is 0 Å². The van der Waals surface area contributed by atoms with E-state index in [0.29, 0.717) is 0 Å². The summed E-state index contributed by atoms with van der Waals surface area (Å²) in [6.45, 7) is 0. The van der Waals surface area contributed by atoms with Gasteiger partial charge in [-0.25, -0.2) is 0 Å². The van der Waals surface area contributed by atoms with Crippen molar-refractivity contribution in [2.45, 2.75) is 0 Å². The second kappa shape index (κ2) is 19.9. The smallest absolute Gasteiger partial charge is 0.0540 e. The molecule has 13 rings (SSSR count). The Hall–Kier alpha value is -9.96. The molecule has 0 aliphatic heterocycles. The van der Waals surface area contributed by atoms with Crippen molar-refractivity contribution in [1.82, 2.24) is 4.57 Å². The van der Waals surface area contributed by atoms with Crippen LogP contribution >= 0.6 is 0 Å². The largest absolute Gasteiger partial charge is 0.311 e. The summed E-state index contributed by atoms with van der Waals surface area (Å²) in [6.07, 6.45) is 0. The van der Waals surface area contributed by atoms with Crippen LogP contribution < -0.4 is 9.80 Å². The SMILES string of the molecule is c1ccc(-c2ccc(N(c3ccc(-c4ccccc4)cc3)c3ccc(-c4ccc(N(c5ccccc5)c5ccc(-n6c7ccccc7c7ccccc7c7ccccc7c7ccccc76)cc5)cc4)cc3)cc2)cc1. The molecule has 1 heterocycles. The maximum absolute atomic E-state index is 2.43. The second-order valence-corrected chi connectivity index (χ2v) is 18.9. The first-order valence-corrected chi connectivity index (χ1v) is 25.7. The van der Waals surface area contributed by atoms with Gasteiger partial charge in [0.15, 0.2) is 0 Å². The number of rotatable bonds is 10. The first-order chi connectivity index (χ1) is 37.2. The normalized spacial score (nSPS) is 11.2. The van der Waals surface area contributed by atoms with Gasteiger partial charge in [-0.15, -0.1) is 0 Å². The fraction of sp³-hybridized carbons (Fsp3) is 0. The minimum absolute atomic E-state index is 1.07. The van der Waals surface area contributed by atoms with Crippen molar-refractivity contribution < 1.29 is 0 Å². The molecule has 0 saturated carbocycles. The van der Waals surface area contributed by atoms with Gasteiger partial charge in [0.25, 0.3) is 0 Å². The number of aromatic nitrogens is 1. The average Bonchev–Trinajstić information content (AvgIpc) is 3.54. The van der Waals surface area contributed by atoms with E-state index in [4.69, 9.17) is 0 Å². The maximum atomic E-state index is 2.43. The predicted octanol–water partition coefficient (Wildman–Crippen LogP) is 20.2. The Balaban J connectivity index is 0.856. The molecule has 75 heavy (non-hydrogen) atoms. The average molecular weight is 958 g/mol. The van der Waals surface area contributed by atoms with Crippen molar-refractivity contribution in [3.8, 4) is 39.1 Å². The van der Waals surface area contributed by atoms with E-state index in [9.17, 15) is 0 Å². The molecule has 3 heteroatoms. The van der Waals surface area contributed by atoms with Crippen LogP contribution in [0, 0.1) is 0 Å². The third kappa shape index (κ3) is 8.73. The van der Waals surface area contributed by atoms with Crippen LogP contribution in [0.2, 0.25) is 0 Å². The monoisotopic (exact) mass is 957 g/mol. The zero-order valence-corrected chi connectivity index (χ0v) is 41.3. The molecule has 0 bridgehead atoms. The van der Waals surface area contributed by atoms with Crippen LogP contribution in [0.4, 0.5) is 34.1 Å². The van der Waals surface area contributed by atoms with Crippen molar-refractivity contribution in [2.75, 3.05) is 9.80 Å². The van der Waals surface area contributed by atoms with Crippen LogP contribution in [0.15, 0.2) is 309 Å². The van der Waals surface area contributed by atoms with Gasteiger partial charge in [-0.05, 0) is 152 Å². The molecule has 0 fully saturated rings. The van der Waals surface area contributed by atoms with Crippen LogP contribution in [-0.4, -0.2) is 4.57 Å². The molecule has 0 spiro atoms. The fourth-order valence-corrected chi connectivity index (χ4v) is 10.8. The van der Waals surface area contributed by atoms with E-state index in [-0.39, 0.29) is 0 Å². The minimum atomic E-state index is 1.07. The first-order valence-electron chi connectivity index (χ1n) is 25.7. The standard InChI is InChI=1S/C72H51N3/c1-4-18-52(19-5-1)54-32-40-60(41-33-54)74(61-42-34-55(35-43-61)53-20-6-2-7-21-53)62-46-38-57(39-47-62)56-36-44-59(45-37-56)73(58-22-8-3-9-23-58)63-48-50-64(51-49-63)75-71-30-16-14-28-69(71)67-26-12-10-24-65(67)66-25-11-13-27-68(66)70-29-15-17-31-72(70)75/h1-51H. The summed E-state index contributed by atoms with van der Waals surface area (Å²) in [5, 5.41) is 7.24. The lowest BCUT2D eigenvalue weighted by Crippen LogP contribution is -2.10. The predicted molar refractivity (Wildman–Crippen MR) is 319 cm³/mol. The van der Waals surface area contributed by atoms with Gasteiger partial charge in [-0.1, -0.05) is 212 Å². The zero-order valence-electron chi connectivity index (χ0n) is 41.3. The number of nitrogens with zero attached hydrogens (tertiary/aromatic N) is 3. The summed E-state index contributed by atoms with van der Waals surface area (Å²) in [5.74, 6) is 0. The Labute approximate surface area is 438 Å². The lowest BCUT2D eigenvalue weighted by molar-refractivity contribution is 1.16. The number of benzene rings is 12. The summed E-state index contributed by atoms with van der Waals surface area (Å²) in [7, 11) is 0. The summed E-state index contributed by atoms with van der Waals surface area (Å²) in [6, 6.07) is 112. The molecule has 354 valence electrons. The topological polar surface area (TPSA) is 11.4 Å². The van der Waals surface area contributed by atoms with E-state index in [1.807, 2.05) is 0 Å². The van der Waals surface area contributed by atoms with E-state index in [1.54, 1.807) is 0 Å². The van der Waals surface area contributed by atoms with E-state index in [0.717, 1.165) is 62.0 Å². The number of para-hydroxylation sites is 3. The van der Waals surface area contributed by atoms with Crippen LogP contribution in [0.3, 0.4) is 0 Å². The molecule has 0 N–H and O–H groups in total. The van der Waals surface area contributed by atoms with Gasteiger partial charge < -0.3 is 14.4 Å². The van der Waals surface area contributed by atoms with E-state index in [1.165, 1.54) is 54.6 Å². The van der Waals surface area contributed by atoms with Gasteiger partial charge in [-0.3, -0.25) is 0 Å². The highest BCUT2D eigenvalue weighted by atomic mass is 15.1. The van der Waals surface area contributed by atoms with Gasteiger partial charge in [-0.2, -0.15) is 0 Å². The van der Waals surface area contributed by atoms with Gasteiger partial charge in [0.2, 0.25) is 0 Å². The van der Waals surface area contributed by atoms with Crippen LogP contribution in [-0.2, 0) is 0 Å². The number of anilines is 6. The third-order valence-corrected chi connectivity index (χ3v) is 14.4. The van der Waals surface area contributed by atoms with E-state index in [2.05, 4.69) is 324 Å². The molecule has 1 aromatic heterocycles. The molecule has 0 radical (unpaired) electrons. The molecule has 0 aliphatic carbocycles. The molecule has 12 aromatic carbocycles. The molecule has 0 aliphatic rings. The van der Waals surface area contributed by atoms with Crippen molar-refractivity contribution >= 4 is 77.5 Å². The van der Waals surface area contributed by atoms with E-state index < -0.39 is 0 Å². The Morgan fingerprint density at radius 1 is 0.173 bits per heavy atom. The lowest BCUT2D eigenvalue weighted by atomic mass is 10.0. The Morgan fingerprint density at radius 2 is 0.400 bits per heavy atom. The van der Waals surface area contributed by atoms with Gasteiger partial charge in [0.05, 0.1) is 11.0 Å². The highest BCUT2D eigenvalue weighted by Gasteiger charge is 2.17. The van der Waals surface area contributed by atoms with Gasteiger partial charge in [0, 0.05) is 50.6 Å². The van der Waals surface area contributed by atoms with Crippen molar-refractivity contribution in [1.29, 1.82) is 0 Å². The highest BCUT2D eigenvalue weighted by molar-refractivity contribution is 6.19. The first kappa shape index (κ1) is 44.9. The van der Waals surface area contributed by atoms with Crippen molar-refractivity contribution in [3.05, 3.63) is 309 Å². The lowest BCUT2D eigenvalue weighted by Gasteiger charge is -2.26. The maximum Gasteiger partial charge on any atom is 0.0540 e. The summed E-state index contributed by atoms with van der Waals surface area (Å²) >= 11 is 0. The zero-order chi connectivity index (χ0) is 49.9. The Kier molecular flexibility index (Phi) is 11.9. The van der Waals surface area contributed by atoms with Crippen molar-refractivity contribution in [3.63, 3.8) is 0 Å². The number of hydrogen-bond donors (Lipinski definition) is 0. The van der Waals surface area contributed by atoms with Gasteiger partial charge in [0.1, 0.15) is 0 Å². The summed E-state index contributed by atoms with van der Waals surface area (Å²) in [4.78, 5) is 4.68. The third-order valence-electron chi connectivity index (χ3n) is 14.4. The van der Waals surface area contributed by atoms with Crippen LogP contribution in [0.25, 0.3) is 82.4 Å². The van der Waals surface area contributed by atoms with Crippen molar-refractivity contribution in [2.24, 2.45) is 0 Å². The molecular formula is C72H51N3. The van der Waals surface area contributed by atoms with Gasteiger partial charge >= 0.3 is 0 Å². The summed E-state index contributed by atoms with van der Waals surface area (Å²) < 4.78 is 2.43. The number of hydrogen-bond acceptors (Lipinski definition) is 2. The van der Waals surface area contributed by atoms with Crippen LogP contribution in [0.1, 0.15) is 0 Å². The number of fused-ring (bicyclic) bond motifs is 7. The highest BCUT2D eigenvalue weighted by Crippen LogP contribution is 2.41. The molecule has 13 aromatic rings. The minimum Gasteiger partial charge on any atom is -0.311 e.